The summed E-state index contributed by atoms with van der Waals surface area (Å²) in [5.41, 5.74) is 0.602. The quantitative estimate of drug-likeness (QED) is 0.703. The normalized spacial score (nSPS) is 25.6. The summed E-state index contributed by atoms with van der Waals surface area (Å²) in [4.78, 5) is 11.6. The molecule has 1 aliphatic heterocycles. The van der Waals surface area contributed by atoms with E-state index in [1.165, 1.54) is 0 Å². The molecule has 7 heteroatoms. The number of anilines is 1. The standard InChI is InChI=1S/C11H14N2O4S/c14-10-7-18(16,17)6-9(10)13-11(15)12-8-4-2-1-3-5-8/h1-5,9-10,14H,6-7H2,(H2,12,13,15)/t9-,10-/m0/s1. The molecule has 1 heterocycles. The van der Waals surface area contributed by atoms with E-state index in [1.54, 1.807) is 24.3 Å². The second-order valence-electron chi connectivity index (χ2n) is 4.22. The molecule has 2 rings (SSSR count). The Hall–Kier alpha value is -1.60. The van der Waals surface area contributed by atoms with Crippen molar-refractivity contribution in [3.63, 3.8) is 0 Å². The van der Waals surface area contributed by atoms with Gasteiger partial charge in [-0.2, -0.15) is 0 Å². The highest BCUT2D eigenvalue weighted by atomic mass is 32.2. The summed E-state index contributed by atoms with van der Waals surface area (Å²) in [6.45, 7) is 0. The fourth-order valence-electron chi connectivity index (χ4n) is 1.82. The zero-order chi connectivity index (χ0) is 13.2. The molecule has 6 nitrogen and oxygen atoms in total. The van der Waals surface area contributed by atoms with Crippen LogP contribution in [0, 0.1) is 0 Å². The van der Waals surface area contributed by atoms with Gasteiger partial charge in [-0.1, -0.05) is 18.2 Å². The average Bonchev–Trinajstić information content (AvgIpc) is 2.53. The predicted octanol–water partition coefficient (Wildman–Crippen LogP) is -0.0340. The Kier molecular flexibility index (Phi) is 3.53. The average molecular weight is 270 g/mol. The molecule has 18 heavy (non-hydrogen) atoms. The molecule has 0 aliphatic carbocycles. The smallest absolute Gasteiger partial charge is 0.319 e. The molecule has 0 radical (unpaired) electrons. The number of benzene rings is 1. The third-order valence-electron chi connectivity index (χ3n) is 2.67. The van der Waals surface area contributed by atoms with Gasteiger partial charge < -0.3 is 15.7 Å². The molecule has 0 aromatic heterocycles. The lowest BCUT2D eigenvalue weighted by Gasteiger charge is -2.15. The number of amides is 2. The van der Waals surface area contributed by atoms with Crippen molar-refractivity contribution in [2.24, 2.45) is 0 Å². The molecule has 1 aromatic rings. The Bertz CT molecular complexity index is 529. The third kappa shape index (κ3) is 3.21. The highest BCUT2D eigenvalue weighted by Crippen LogP contribution is 2.13. The van der Waals surface area contributed by atoms with E-state index in [-0.39, 0.29) is 11.5 Å². The predicted molar refractivity (Wildman–Crippen MR) is 67.0 cm³/mol. The van der Waals surface area contributed by atoms with Gasteiger partial charge in [0, 0.05) is 5.69 Å². The van der Waals surface area contributed by atoms with E-state index in [1.807, 2.05) is 6.07 Å². The first kappa shape index (κ1) is 12.8. The number of carbonyl (C=O) groups excluding carboxylic acids is 1. The van der Waals surface area contributed by atoms with Crippen molar-refractivity contribution in [2.75, 3.05) is 16.8 Å². The summed E-state index contributed by atoms with van der Waals surface area (Å²) in [5, 5.41) is 14.5. The van der Waals surface area contributed by atoms with E-state index >= 15 is 0 Å². The van der Waals surface area contributed by atoms with Gasteiger partial charge in [-0.3, -0.25) is 0 Å². The molecule has 0 spiro atoms. The largest absolute Gasteiger partial charge is 0.390 e. The van der Waals surface area contributed by atoms with Crippen molar-refractivity contribution in [3.8, 4) is 0 Å². The van der Waals surface area contributed by atoms with E-state index < -0.39 is 28.0 Å². The summed E-state index contributed by atoms with van der Waals surface area (Å²) < 4.78 is 22.5. The highest BCUT2D eigenvalue weighted by molar-refractivity contribution is 7.91. The summed E-state index contributed by atoms with van der Waals surface area (Å²) in [7, 11) is -3.26. The van der Waals surface area contributed by atoms with Gasteiger partial charge >= 0.3 is 6.03 Å². The van der Waals surface area contributed by atoms with Gasteiger partial charge in [0.25, 0.3) is 0 Å². The maximum Gasteiger partial charge on any atom is 0.319 e. The molecule has 3 N–H and O–H groups in total. The van der Waals surface area contributed by atoms with Gasteiger partial charge in [0.05, 0.1) is 23.7 Å². The number of aliphatic hydroxyl groups is 1. The molecule has 2 atom stereocenters. The van der Waals surface area contributed by atoms with Crippen LogP contribution < -0.4 is 10.6 Å². The Morgan fingerprint density at radius 1 is 1.22 bits per heavy atom. The van der Waals surface area contributed by atoms with Crippen molar-refractivity contribution in [1.29, 1.82) is 0 Å². The zero-order valence-corrected chi connectivity index (χ0v) is 10.4. The SMILES string of the molecule is O=C(Nc1ccccc1)N[C@H]1CS(=O)(=O)C[C@@H]1O. The van der Waals surface area contributed by atoms with Crippen LogP contribution in [0.1, 0.15) is 0 Å². The minimum absolute atomic E-state index is 0.226. The van der Waals surface area contributed by atoms with Gasteiger partial charge in [-0.05, 0) is 12.1 Å². The number of sulfone groups is 1. The van der Waals surface area contributed by atoms with Gasteiger partial charge in [0.1, 0.15) is 0 Å². The monoisotopic (exact) mass is 270 g/mol. The fourth-order valence-corrected chi connectivity index (χ4v) is 3.57. The maximum atomic E-state index is 11.6. The minimum atomic E-state index is -3.26. The Labute approximate surface area is 105 Å². The van der Waals surface area contributed by atoms with Crippen LogP contribution in [0.4, 0.5) is 10.5 Å². The van der Waals surface area contributed by atoms with E-state index in [9.17, 15) is 18.3 Å². The summed E-state index contributed by atoms with van der Waals surface area (Å²) in [5.74, 6) is -0.528. The van der Waals surface area contributed by atoms with Crippen LogP contribution in [0.15, 0.2) is 30.3 Å². The third-order valence-corrected chi connectivity index (χ3v) is 4.39. The second-order valence-corrected chi connectivity index (χ2v) is 6.37. The Morgan fingerprint density at radius 3 is 2.44 bits per heavy atom. The number of urea groups is 1. The molecule has 0 unspecified atom stereocenters. The van der Waals surface area contributed by atoms with Crippen molar-refractivity contribution in [1.82, 2.24) is 5.32 Å². The first-order valence-electron chi connectivity index (χ1n) is 5.47. The number of nitrogens with one attached hydrogen (secondary N) is 2. The second kappa shape index (κ2) is 4.95. The summed E-state index contributed by atoms with van der Waals surface area (Å²) in [6.07, 6.45) is -1.04. The van der Waals surface area contributed by atoms with Crippen LogP contribution in [0.3, 0.4) is 0 Å². The minimum Gasteiger partial charge on any atom is -0.390 e. The lowest BCUT2D eigenvalue weighted by Crippen LogP contribution is -2.44. The van der Waals surface area contributed by atoms with Crippen LogP contribution >= 0.6 is 0 Å². The number of carbonyl (C=O) groups is 1. The van der Waals surface area contributed by atoms with Crippen LogP contribution in [0.5, 0.6) is 0 Å². The molecule has 1 saturated heterocycles. The molecule has 1 aromatic carbocycles. The molecular weight excluding hydrogens is 256 g/mol. The molecule has 1 fully saturated rings. The van der Waals surface area contributed by atoms with Gasteiger partial charge in [0.15, 0.2) is 9.84 Å². The number of hydrogen-bond donors (Lipinski definition) is 3. The van der Waals surface area contributed by atoms with Crippen LogP contribution in [0.25, 0.3) is 0 Å². The van der Waals surface area contributed by atoms with Crippen molar-refractivity contribution < 1.29 is 18.3 Å². The first-order valence-corrected chi connectivity index (χ1v) is 7.29. The summed E-state index contributed by atoms with van der Waals surface area (Å²) >= 11 is 0. The Balaban J connectivity index is 1.93. The fraction of sp³-hybridized carbons (Fsp3) is 0.364. The van der Waals surface area contributed by atoms with E-state index in [2.05, 4.69) is 10.6 Å². The lowest BCUT2D eigenvalue weighted by atomic mass is 10.2. The first-order chi connectivity index (χ1) is 8.46. The molecule has 1 aliphatic rings. The number of para-hydroxylation sites is 1. The van der Waals surface area contributed by atoms with E-state index in [0.717, 1.165) is 0 Å². The Morgan fingerprint density at radius 2 is 1.89 bits per heavy atom. The summed E-state index contributed by atoms with van der Waals surface area (Å²) in [6, 6.07) is 7.50. The van der Waals surface area contributed by atoms with Gasteiger partial charge in [0.2, 0.25) is 0 Å². The molecule has 0 bridgehead atoms. The highest BCUT2D eigenvalue weighted by Gasteiger charge is 2.37. The lowest BCUT2D eigenvalue weighted by molar-refractivity contribution is 0.167. The molecular formula is C11H14N2O4S. The van der Waals surface area contributed by atoms with Gasteiger partial charge in [-0.25, -0.2) is 13.2 Å². The van der Waals surface area contributed by atoms with Crippen molar-refractivity contribution in [3.05, 3.63) is 30.3 Å². The van der Waals surface area contributed by atoms with Crippen LogP contribution in [-0.4, -0.2) is 43.2 Å². The van der Waals surface area contributed by atoms with Gasteiger partial charge in [-0.15, -0.1) is 0 Å². The van der Waals surface area contributed by atoms with E-state index in [0.29, 0.717) is 5.69 Å². The van der Waals surface area contributed by atoms with Crippen molar-refractivity contribution in [2.45, 2.75) is 12.1 Å². The number of aliphatic hydroxyl groups excluding tert-OH is 1. The molecule has 2 amide bonds. The number of hydrogen-bond acceptors (Lipinski definition) is 4. The number of rotatable bonds is 2. The molecule has 0 saturated carbocycles. The topological polar surface area (TPSA) is 95.5 Å². The zero-order valence-electron chi connectivity index (χ0n) is 9.54. The van der Waals surface area contributed by atoms with E-state index in [4.69, 9.17) is 0 Å². The van der Waals surface area contributed by atoms with Crippen LogP contribution in [-0.2, 0) is 9.84 Å². The van der Waals surface area contributed by atoms with Crippen molar-refractivity contribution >= 4 is 21.6 Å². The van der Waals surface area contributed by atoms with Crippen LogP contribution in [0.2, 0.25) is 0 Å². The maximum absolute atomic E-state index is 11.6. The molecule has 98 valence electrons.